The molecule has 1 unspecified atom stereocenters. The van der Waals surface area contributed by atoms with Gasteiger partial charge in [0.1, 0.15) is 0 Å². The van der Waals surface area contributed by atoms with E-state index < -0.39 is 0 Å². The maximum absolute atomic E-state index is 12.6. The number of nitrogens with zero attached hydrogens (tertiary/aromatic N) is 3. The minimum absolute atomic E-state index is 0.0558. The third kappa shape index (κ3) is 3.95. The van der Waals surface area contributed by atoms with Crippen LogP contribution in [0.4, 0.5) is 5.69 Å². The summed E-state index contributed by atoms with van der Waals surface area (Å²) in [5.41, 5.74) is 4.44. The second-order valence-electron chi connectivity index (χ2n) is 8.71. The van der Waals surface area contributed by atoms with E-state index in [1.165, 1.54) is 11.1 Å². The van der Waals surface area contributed by atoms with Crippen molar-refractivity contribution in [2.75, 3.05) is 11.4 Å². The number of hydrogen-bond acceptors (Lipinski definition) is 4. The molecule has 0 spiro atoms. The lowest BCUT2D eigenvalue weighted by Crippen LogP contribution is -2.24. The highest BCUT2D eigenvalue weighted by molar-refractivity contribution is 5.96. The van der Waals surface area contributed by atoms with Gasteiger partial charge in [-0.3, -0.25) is 4.79 Å². The molecule has 1 atom stereocenters. The molecule has 0 N–H and O–H groups in total. The number of anilines is 1. The molecule has 0 radical (unpaired) electrons. The van der Waals surface area contributed by atoms with Crippen molar-refractivity contribution in [3.05, 3.63) is 65.5 Å². The minimum Gasteiger partial charge on any atom is -0.334 e. The molecule has 1 aromatic heterocycles. The van der Waals surface area contributed by atoms with Gasteiger partial charge in [-0.2, -0.15) is 4.98 Å². The first kappa shape index (κ1) is 19.4. The molecule has 4 rings (SSSR count). The molecule has 1 saturated heterocycles. The lowest BCUT2D eigenvalue weighted by atomic mass is 9.87. The molecule has 29 heavy (non-hydrogen) atoms. The molecule has 2 aromatic carbocycles. The summed E-state index contributed by atoms with van der Waals surface area (Å²) in [5, 5.41) is 4.17. The zero-order valence-electron chi connectivity index (χ0n) is 17.5. The maximum atomic E-state index is 12.6. The van der Waals surface area contributed by atoms with Gasteiger partial charge in [0.05, 0.1) is 0 Å². The second kappa shape index (κ2) is 7.47. The molecule has 5 nitrogen and oxygen atoms in total. The van der Waals surface area contributed by atoms with Crippen molar-refractivity contribution in [2.45, 2.75) is 51.9 Å². The summed E-state index contributed by atoms with van der Waals surface area (Å²) in [6.45, 7) is 9.26. The van der Waals surface area contributed by atoms with Gasteiger partial charge in [-0.1, -0.05) is 57.1 Å². The summed E-state index contributed by atoms with van der Waals surface area (Å²) in [6.07, 6.45) is 1.39. The maximum Gasteiger partial charge on any atom is 0.257 e. The van der Waals surface area contributed by atoms with Crippen molar-refractivity contribution < 1.29 is 9.32 Å². The first-order valence-electron chi connectivity index (χ1n) is 10.2. The number of carbonyl (C=O) groups is 1. The summed E-state index contributed by atoms with van der Waals surface area (Å²) < 4.78 is 5.50. The Labute approximate surface area is 171 Å². The van der Waals surface area contributed by atoms with Crippen LogP contribution in [0, 0.1) is 0 Å². The first-order valence-corrected chi connectivity index (χ1v) is 10.2. The molecule has 3 aromatic rings. The van der Waals surface area contributed by atoms with Crippen LogP contribution in [0.3, 0.4) is 0 Å². The summed E-state index contributed by atoms with van der Waals surface area (Å²) in [7, 11) is 0. The van der Waals surface area contributed by atoms with Gasteiger partial charge in [0.25, 0.3) is 5.89 Å². The van der Waals surface area contributed by atoms with Gasteiger partial charge >= 0.3 is 0 Å². The van der Waals surface area contributed by atoms with Crippen LogP contribution in [0.15, 0.2) is 53.1 Å². The molecule has 0 aliphatic carbocycles. The topological polar surface area (TPSA) is 59.2 Å². The second-order valence-corrected chi connectivity index (χ2v) is 8.71. The van der Waals surface area contributed by atoms with E-state index in [-0.39, 0.29) is 17.2 Å². The van der Waals surface area contributed by atoms with Crippen LogP contribution in [0.1, 0.15) is 57.0 Å². The minimum atomic E-state index is -0.0558. The average molecular weight is 389 g/mol. The van der Waals surface area contributed by atoms with Gasteiger partial charge < -0.3 is 9.42 Å². The predicted octanol–water partition coefficient (Wildman–Crippen LogP) is 5.12. The van der Waals surface area contributed by atoms with Crippen molar-refractivity contribution in [2.24, 2.45) is 0 Å². The Balaban J connectivity index is 1.50. The van der Waals surface area contributed by atoms with Gasteiger partial charge in [-0.15, -0.1) is 0 Å². The Morgan fingerprint density at radius 3 is 2.38 bits per heavy atom. The molecule has 1 aliphatic heterocycles. The summed E-state index contributed by atoms with van der Waals surface area (Å²) in [4.78, 5) is 19.0. The third-order valence-electron chi connectivity index (χ3n) is 5.59. The fourth-order valence-electron chi connectivity index (χ4n) is 3.67. The van der Waals surface area contributed by atoms with Gasteiger partial charge in [0.2, 0.25) is 5.91 Å². The van der Waals surface area contributed by atoms with E-state index in [1.54, 1.807) is 0 Å². The summed E-state index contributed by atoms with van der Waals surface area (Å²) >= 11 is 0. The number of benzene rings is 2. The van der Waals surface area contributed by atoms with Crippen molar-refractivity contribution in [3.63, 3.8) is 0 Å². The Bertz CT molecular complexity index is 998. The van der Waals surface area contributed by atoms with Crippen molar-refractivity contribution in [1.29, 1.82) is 0 Å². The zero-order valence-corrected chi connectivity index (χ0v) is 17.5. The van der Waals surface area contributed by atoms with Crippen molar-refractivity contribution in [1.82, 2.24) is 10.1 Å². The predicted molar refractivity (Wildman–Crippen MR) is 114 cm³/mol. The Morgan fingerprint density at radius 1 is 1.07 bits per heavy atom. The molecule has 1 amide bonds. The van der Waals surface area contributed by atoms with Crippen LogP contribution in [0.5, 0.6) is 0 Å². The highest BCUT2D eigenvalue weighted by Gasteiger charge is 2.34. The number of aryl methyl sites for hydroxylation is 1. The molecule has 5 heteroatoms. The number of aromatic nitrogens is 2. The molecular formula is C24H27N3O2. The van der Waals surface area contributed by atoms with E-state index in [1.807, 2.05) is 29.2 Å². The number of hydrogen-bond donors (Lipinski definition) is 0. The molecule has 0 saturated carbocycles. The highest BCUT2D eigenvalue weighted by Crippen LogP contribution is 2.32. The third-order valence-corrected chi connectivity index (χ3v) is 5.59. The van der Waals surface area contributed by atoms with Crippen LogP contribution in [-0.4, -0.2) is 22.6 Å². The molecule has 150 valence electrons. The highest BCUT2D eigenvalue weighted by atomic mass is 16.5. The van der Waals surface area contributed by atoms with Gasteiger partial charge in [0.15, 0.2) is 5.82 Å². The van der Waals surface area contributed by atoms with Gasteiger partial charge in [-0.05, 0) is 47.2 Å². The largest absolute Gasteiger partial charge is 0.334 e. The first-order chi connectivity index (χ1) is 13.8. The van der Waals surface area contributed by atoms with E-state index in [0.29, 0.717) is 24.7 Å². The lowest BCUT2D eigenvalue weighted by Gasteiger charge is -2.18. The molecule has 1 fully saturated rings. The standard InChI is InChI=1S/C24H27N3O2/c1-5-16-6-12-20(13-7-16)27-15-18(14-21(27)28)22-25-23(29-26-22)17-8-10-19(11-9-17)24(2,3)4/h6-13,18H,5,14-15H2,1-4H3. The molecular weight excluding hydrogens is 362 g/mol. The Kier molecular flexibility index (Phi) is 4.99. The summed E-state index contributed by atoms with van der Waals surface area (Å²) in [5.74, 6) is 1.14. The molecule has 0 bridgehead atoms. The van der Waals surface area contributed by atoms with Crippen molar-refractivity contribution >= 4 is 11.6 Å². The van der Waals surface area contributed by atoms with Crippen LogP contribution >= 0.6 is 0 Å². The van der Waals surface area contributed by atoms with Gasteiger partial charge in [0, 0.05) is 30.1 Å². The normalized spacial score (nSPS) is 17.2. The number of amides is 1. The number of carbonyl (C=O) groups excluding carboxylic acids is 1. The fraction of sp³-hybridized carbons (Fsp3) is 0.375. The lowest BCUT2D eigenvalue weighted by molar-refractivity contribution is -0.117. The molecule has 2 heterocycles. The monoisotopic (exact) mass is 389 g/mol. The van der Waals surface area contributed by atoms with Crippen LogP contribution < -0.4 is 4.90 Å². The van der Waals surface area contributed by atoms with Gasteiger partial charge in [-0.25, -0.2) is 0 Å². The SMILES string of the molecule is CCc1ccc(N2CC(c3noc(-c4ccc(C(C)(C)C)cc4)n3)CC2=O)cc1. The average Bonchev–Trinajstić information content (AvgIpc) is 3.34. The quantitative estimate of drug-likeness (QED) is 0.622. The van der Waals surface area contributed by atoms with Crippen molar-refractivity contribution in [3.8, 4) is 11.5 Å². The van der Waals surface area contributed by atoms with E-state index >= 15 is 0 Å². The Morgan fingerprint density at radius 2 is 1.76 bits per heavy atom. The fourth-order valence-corrected chi connectivity index (χ4v) is 3.67. The Hall–Kier alpha value is -2.95. The zero-order chi connectivity index (χ0) is 20.6. The summed E-state index contributed by atoms with van der Waals surface area (Å²) in [6, 6.07) is 16.4. The number of rotatable bonds is 4. The van der Waals surface area contributed by atoms with Crippen LogP contribution in [0.25, 0.3) is 11.5 Å². The van der Waals surface area contributed by atoms with Crippen LogP contribution in [0.2, 0.25) is 0 Å². The van der Waals surface area contributed by atoms with E-state index in [0.717, 1.165) is 17.7 Å². The van der Waals surface area contributed by atoms with E-state index in [9.17, 15) is 4.79 Å². The van der Waals surface area contributed by atoms with E-state index in [2.05, 4.69) is 62.1 Å². The van der Waals surface area contributed by atoms with Crippen LogP contribution in [-0.2, 0) is 16.6 Å². The van der Waals surface area contributed by atoms with E-state index in [4.69, 9.17) is 4.52 Å². The smallest absolute Gasteiger partial charge is 0.257 e. The molecule has 1 aliphatic rings.